The number of nitrogens with two attached hydrogens (primary N) is 1. The lowest BCUT2D eigenvalue weighted by Crippen LogP contribution is -2.32. The Hall–Kier alpha value is -1.66. The Morgan fingerprint density at radius 3 is 2.71 bits per heavy atom. The van der Waals surface area contributed by atoms with E-state index in [0.29, 0.717) is 10.6 Å². The van der Waals surface area contributed by atoms with E-state index in [1.54, 1.807) is 6.92 Å². The number of hydrogen-bond donors (Lipinski definition) is 2. The highest BCUT2D eigenvalue weighted by Gasteiger charge is 2.22. The number of nitro groups is 1. The van der Waals surface area contributed by atoms with E-state index >= 15 is 0 Å². The summed E-state index contributed by atoms with van der Waals surface area (Å²) in [4.78, 5) is 20.9. The van der Waals surface area contributed by atoms with Crippen LogP contribution in [0.2, 0.25) is 5.02 Å². The van der Waals surface area contributed by atoms with Gasteiger partial charge in [-0.05, 0) is 19.1 Å². The maximum absolute atomic E-state index is 10.9. The van der Waals surface area contributed by atoms with Crippen LogP contribution in [0.15, 0.2) is 12.1 Å². The molecule has 0 aliphatic rings. The van der Waals surface area contributed by atoms with Crippen LogP contribution in [0.25, 0.3) is 0 Å². The van der Waals surface area contributed by atoms with Crippen molar-refractivity contribution in [1.82, 2.24) is 0 Å². The van der Waals surface area contributed by atoms with Gasteiger partial charge >= 0.3 is 5.97 Å². The molecule has 6 nitrogen and oxygen atoms in total. The lowest BCUT2D eigenvalue weighted by molar-refractivity contribution is -0.386. The first-order valence-corrected chi connectivity index (χ1v) is 5.12. The fourth-order valence-corrected chi connectivity index (χ4v) is 1.84. The van der Waals surface area contributed by atoms with E-state index in [2.05, 4.69) is 0 Å². The molecule has 1 atom stereocenters. The van der Waals surface area contributed by atoms with E-state index in [1.807, 2.05) is 0 Å². The first kappa shape index (κ1) is 13.4. The smallest absolute Gasteiger partial charge is 0.320 e. The highest BCUT2D eigenvalue weighted by Crippen LogP contribution is 2.28. The van der Waals surface area contributed by atoms with Crippen molar-refractivity contribution in [3.8, 4) is 0 Å². The zero-order chi connectivity index (χ0) is 13.2. The number of aliphatic carboxylic acids is 1. The third-order valence-electron chi connectivity index (χ3n) is 2.28. The van der Waals surface area contributed by atoms with Gasteiger partial charge in [0.2, 0.25) is 0 Å². The Morgan fingerprint density at radius 2 is 2.24 bits per heavy atom. The predicted octanol–water partition coefficient (Wildman–Crippen LogP) is 1.51. The van der Waals surface area contributed by atoms with Crippen molar-refractivity contribution in [2.45, 2.75) is 19.4 Å². The van der Waals surface area contributed by atoms with Gasteiger partial charge in [-0.1, -0.05) is 11.6 Å². The molecule has 0 radical (unpaired) electrons. The number of benzene rings is 1. The zero-order valence-electron chi connectivity index (χ0n) is 9.01. The lowest BCUT2D eigenvalue weighted by Gasteiger charge is -2.09. The first-order chi connectivity index (χ1) is 7.82. The normalized spacial score (nSPS) is 12.2. The minimum atomic E-state index is -1.21. The number of carboxylic acids is 1. The molecule has 0 spiro atoms. The first-order valence-electron chi connectivity index (χ1n) is 4.74. The van der Waals surface area contributed by atoms with Crippen molar-refractivity contribution >= 4 is 23.3 Å². The second-order valence-electron chi connectivity index (χ2n) is 3.64. The topological polar surface area (TPSA) is 106 Å². The molecule has 0 saturated carbocycles. The minimum Gasteiger partial charge on any atom is -0.480 e. The summed E-state index contributed by atoms with van der Waals surface area (Å²) in [6.07, 6.45) is -0.132. The number of nitrogens with zero attached hydrogens (tertiary/aromatic N) is 1. The number of halogens is 1. The van der Waals surface area contributed by atoms with Gasteiger partial charge < -0.3 is 10.8 Å². The van der Waals surface area contributed by atoms with Crippen molar-refractivity contribution in [1.29, 1.82) is 0 Å². The number of nitro benzene ring substituents is 1. The number of aryl methyl sites for hydroxylation is 1. The van der Waals surface area contributed by atoms with Crippen molar-refractivity contribution in [2.24, 2.45) is 5.73 Å². The highest BCUT2D eigenvalue weighted by molar-refractivity contribution is 6.30. The van der Waals surface area contributed by atoms with Crippen molar-refractivity contribution in [3.63, 3.8) is 0 Å². The Balaban J connectivity index is 3.21. The quantitative estimate of drug-likeness (QED) is 0.629. The summed E-state index contributed by atoms with van der Waals surface area (Å²) < 4.78 is 0. The van der Waals surface area contributed by atoms with Crippen LogP contribution < -0.4 is 5.73 Å². The molecule has 1 aromatic carbocycles. The van der Waals surface area contributed by atoms with Gasteiger partial charge in [-0.25, -0.2) is 0 Å². The number of rotatable bonds is 4. The van der Waals surface area contributed by atoms with Crippen LogP contribution in [0.1, 0.15) is 11.1 Å². The third-order valence-corrected chi connectivity index (χ3v) is 2.50. The summed E-state index contributed by atoms with van der Waals surface area (Å²) in [7, 11) is 0. The standard InChI is InChI=1S/C10H11ClN2O4/c1-5-2-7(11)3-6(9(5)13(16)17)4-8(12)10(14)15/h2-3,8H,4,12H2,1H3,(H,14,15). The minimum absolute atomic E-state index is 0.132. The molecule has 1 unspecified atom stereocenters. The van der Waals surface area contributed by atoms with Crippen LogP contribution in [0.3, 0.4) is 0 Å². The largest absolute Gasteiger partial charge is 0.480 e. The summed E-state index contributed by atoms with van der Waals surface area (Å²) >= 11 is 5.78. The summed E-state index contributed by atoms with van der Waals surface area (Å²) in [5, 5.41) is 19.9. The molecule has 1 aromatic rings. The Morgan fingerprint density at radius 1 is 1.65 bits per heavy atom. The number of carboxylic acid groups (broad SMARTS) is 1. The van der Waals surface area contributed by atoms with Gasteiger partial charge in [0.05, 0.1) is 4.92 Å². The molecule has 0 aliphatic heterocycles. The molecule has 0 heterocycles. The van der Waals surface area contributed by atoms with E-state index in [1.165, 1.54) is 12.1 Å². The summed E-state index contributed by atoms with van der Waals surface area (Å²) in [6, 6.07) is 1.64. The van der Waals surface area contributed by atoms with Gasteiger partial charge in [-0.15, -0.1) is 0 Å². The zero-order valence-corrected chi connectivity index (χ0v) is 9.77. The van der Waals surface area contributed by atoms with Crippen molar-refractivity contribution in [3.05, 3.63) is 38.4 Å². The third kappa shape index (κ3) is 3.15. The molecule has 0 aromatic heterocycles. The summed E-state index contributed by atoms with van der Waals surface area (Å²) in [5.74, 6) is -1.21. The van der Waals surface area contributed by atoms with Crippen LogP contribution in [0.5, 0.6) is 0 Å². The molecule has 92 valence electrons. The molecule has 17 heavy (non-hydrogen) atoms. The van der Waals surface area contributed by atoms with E-state index in [-0.39, 0.29) is 17.7 Å². The van der Waals surface area contributed by atoms with Crippen LogP contribution >= 0.6 is 11.6 Å². The number of carbonyl (C=O) groups is 1. The van der Waals surface area contributed by atoms with E-state index in [9.17, 15) is 14.9 Å². The Kier molecular flexibility index (Phi) is 4.03. The molecular weight excluding hydrogens is 248 g/mol. The van der Waals surface area contributed by atoms with Gasteiger partial charge in [0.1, 0.15) is 6.04 Å². The molecule has 0 saturated heterocycles. The van der Waals surface area contributed by atoms with E-state index < -0.39 is 16.9 Å². The van der Waals surface area contributed by atoms with Crippen LogP contribution in [-0.2, 0) is 11.2 Å². The Bertz CT molecular complexity index is 476. The van der Waals surface area contributed by atoms with Crippen LogP contribution in [0, 0.1) is 17.0 Å². The van der Waals surface area contributed by atoms with E-state index in [4.69, 9.17) is 22.4 Å². The molecular formula is C10H11ClN2O4. The molecule has 3 N–H and O–H groups in total. The van der Waals surface area contributed by atoms with Crippen LogP contribution in [0.4, 0.5) is 5.69 Å². The lowest BCUT2D eigenvalue weighted by atomic mass is 10.0. The molecule has 0 aliphatic carbocycles. The monoisotopic (exact) mass is 258 g/mol. The molecule has 0 bridgehead atoms. The average Bonchev–Trinajstić information content (AvgIpc) is 2.14. The van der Waals surface area contributed by atoms with Crippen molar-refractivity contribution in [2.75, 3.05) is 0 Å². The van der Waals surface area contributed by atoms with Gasteiger partial charge in [0.15, 0.2) is 0 Å². The molecule has 0 fully saturated rings. The maximum atomic E-state index is 10.9. The fourth-order valence-electron chi connectivity index (χ4n) is 1.55. The summed E-state index contributed by atoms with van der Waals surface area (Å²) in [6.45, 7) is 1.54. The van der Waals surface area contributed by atoms with E-state index in [0.717, 1.165) is 0 Å². The van der Waals surface area contributed by atoms with Gasteiger partial charge in [0, 0.05) is 22.6 Å². The van der Waals surface area contributed by atoms with Gasteiger partial charge in [0.25, 0.3) is 5.69 Å². The average molecular weight is 259 g/mol. The fraction of sp³-hybridized carbons (Fsp3) is 0.300. The second kappa shape index (κ2) is 5.11. The van der Waals surface area contributed by atoms with Crippen molar-refractivity contribution < 1.29 is 14.8 Å². The van der Waals surface area contributed by atoms with Gasteiger partial charge in [-0.2, -0.15) is 0 Å². The predicted molar refractivity (Wildman–Crippen MR) is 62.2 cm³/mol. The molecule has 7 heteroatoms. The number of hydrogen-bond acceptors (Lipinski definition) is 4. The maximum Gasteiger partial charge on any atom is 0.320 e. The summed E-state index contributed by atoms with van der Waals surface area (Å²) in [5.41, 5.74) is 5.83. The molecule has 1 rings (SSSR count). The van der Waals surface area contributed by atoms with Crippen LogP contribution in [-0.4, -0.2) is 22.0 Å². The Labute approximate surface area is 102 Å². The highest BCUT2D eigenvalue weighted by atomic mass is 35.5. The second-order valence-corrected chi connectivity index (χ2v) is 4.07. The van der Waals surface area contributed by atoms with Gasteiger partial charge in [-0.3, -0.25) is 14.9 Å². The SMILES string of the molecule is Cc1cc(Cl)cc(CC(N)C(=O)O)c1[N+](=O)[O-]. The molecule has 0 amide bonds.